The zero-order valence-electron chi connectivity index (χ0n) is 14.4. The summed E-state index contributed by atoms with van der Waals surface area (Å²) in [6.07, 6.45) is -2.45. The van der Waals surface area contributed by atoms with Crippen LogP contribution in [0.1, 0.15) is 26.2 Å². The fourth-order valence-electron chi connectivity index (χ4n) is 3.35. The molecule has 150 valence electrons. The van der Waals surface area contributed by atoms with E-state index in [0.29, 0.717) is 52.2 Å². The molecule has 2 aliphatic heterocycles. The van der Waals surface area contributed by atoms with Crippen LogP contribution in [0.5, 0.6) is 0 Å². The van der Waals surface area contributed by atoms with Crippen molar-refractivity contribution in [3.8, 4) is 0 Å². The average Bonchev–Trinajstić information content (AvgIpc) is 2.93. The zero-order valence-corrected chi connectivity index (χ0v) is 16.0. The Morgan fingerprint density at radius 1 is 1.32 bits per heavy atom. The number of hydrogen-bond donors (Lipinski definition) is 1. The van der Waals surface area contributed by atoms with Crippen LogP contribution in [-0.2, 0) is 9.53 Å². The van der Waals surface area contributed by atoms with Crippen LogP contribution >= 0.6 is 24.8 Å². The Morgan fingerprint density at radius 2 is 1.92 bits per heavy atom. The van der Waals surface area contributed by atoms with Gasteiger partial charge in [0.2, 0.25) is 5.91 Å². The lowest BCUT2D eigenvalue weighted by molar-refractivity contribution is -0.147. The first-order valence-corrected chi connectivity index (χ1v) is 8.18. The Hall–Kier alpha value is -0.280. The zero-order chi connectivity index (χ0) is 17.1. The minimum absolute atomic E-state index is 0. The van der Waals surface area contributed by atoms with Crippen LogP contribution in [0.4, 0.5) is 13.2 Å². The van der Waals surface area contributed by atoms with E-state index in [4.69, 9.17) is 10.5 Å². The molecule has 0 aromatic heterocycles. The number of hydrogen-bond acceptors (Lipinski definition) is 4. The number of alkyl halides is 3. The van der Waals surface area contributed by atoms with E-state index in [1.54, 1.807) is 11.8 Å². The Bertz CT molecular complexity index is 421. The van der Waals surface area contributed by atoms with Gasteiger partial charge in [-0.1, -0.05) is 6.92 Å². The highest BCUT2D eigenvalue weighted by Gasteiger charge is 2.41. The van der Waals surface area contributed by atoms with Crippen LogP contribution in [0.15, 0.2) is 0 Å². The van der Waals surface area contributed by atoms with Gasteiger partial charge < -0.3 is 15.4 Å². The monoisotopic (exact) mass is 409 g/mol. The molecule has 1 amide bonds. The van der Waals surface area contributed by atoms with Crippen molar-refractivity contribution < 1.29 is 22.7 Å². The van der Waals surface area contributed by atoms with Crippen molar-refractivity contribution in [3.63, 3.8) is 0 Å². The third kappa shape index (κ3) is 7.09. The van der Waals surface area contributed by atoms with Gasteiger partial charge in [-0.3, -0.25) is 9.69 Å². The van der Waals surface area contributed by atoms with Gasteiger partial charge in [-0.05, 0) is 31.7 Å². The number of nitrogens with two attached hydrogens (primary N) is 1. The highest BCUT2D eigenvalue weighted by molar-refractivity contribution is 5.86. The number of amides is 1. The molecule has 1 atom stereocenters. The summed E-state index contributed by atoms with van der Waals surface area (Å²) in [6.45, 7) is 3.57. The molecule has 2 N–H and O–H groups in total. The molecular formula is C15H28Cl2F3N3O2. The van der Waals surface area contributed by atoms with Gasteiger partial charge in [-0.15, -0.1) is 24.8 Å². The standard InChI is InChI=1S/C15H26F3N3O2.2ClH/c1-2-20(11-15(16,17)18)9-12-3-6-21(10-12)13(22)14(19)4-7-23-8-5-14;;/h12H,2-11,19H2,1H3;2*1H. The summed E-state index contributed by atoms with van der Waals surface area (Å²) < 4.78 is 42.8. The molecule has 0 aliphatic carbocycles. The molecule has 1 unspecified atom stereocenters. The van der Waals surface area contributed by atoms with E-state index < -0.39 is 18.3 Å². The predicted molar refractivity (Wildman–Crippen MR) is 94.3 cm³/mol. The molecule has 5 nitrogen and oxygen atoms in total. The van der Waals surface area contributed by atoms with Gasteiger partial charge >= 0.3 is 6.18 Å². The smallest absolute Gasteiger partial charge is 0.381 e. The first kappa shape index (κ1) is 24.7. The maximum Gasteiger partial charge on any atom is 0.401 e. The van der Waals surface area contributed by atoms with Gasteiger partial charge in [0.05, 0.1) is 12.1 Å². The number of ether oxygens (including phenoxy) is 1. The molecule has 2 saturated heterocycles. The van der Waals surface area contributed by atoms with Crippen LogP contribution in [0.25, 0.3) is 0 Å². The summed E-state index contributed by atoms with van der Waals surface area (Å²) in [5.41, 5.74) is 5.34. The van der Waals surface area contributed by atoms with Gasteiger partial charge in [0.1, 0.15) is 0 Å². The molecule has 0 radical (unpaired) electrons. The first-order valence-electron chi connectivity index (χ1n) is 8.18. The molecule has 0 saturated carbocycles. The maximum atomic E-state index is 12.6. The van der Waals surface area contributed by atoms with Crippen molar-refractivity contribution in [1.82, 2.24) is 9.80 Å². The molecule has 2 fully saturated rings. The minimum Gasteiger partial charge on any atom is -0.381 e. The van der Waals surface area contributed by atoms with Crippen LogP contribution < -0.4 is 5.73 Å². The number of likely N-dealkylation sites (tertiary alicyclic amines) is 1. The second-order valence-corrected chi connectivity index (χ2v) is 6.62. The van der Waals surface area contributed by atoms with Crippen molar-refractivity contribution in [2.24, 2.45) is 11.7 Å². The van der Waals surface area contributed by atoms with E-state index in [1.165, 1.54) is 4.90 Å². The first-order chi connectivity index (χ1) is 10.7. The number of halogens is 5. The Balaban J connectivity index is 0.00000288. The summed E-state index contributed by atoms with van der Waals surface area (Å²) in [4.78, 5) is 15.7. The fraction of sp³-hybridized carbons (Fsp3) is 0.933. The largest absolute Gasteiger partial charge is 0.401 e. The Labute approximate surface area is 159 Å². The topological polar surface area (TPSA) is 58.8 Å². The van der Waals surface area contributed by atoms with E-state index in [0.717, 1.165) is 6.42 Å². The van der Waals surface area contributed by atoms with Gasteiger partial charge in [0.25, 0.3) is 0 Å². The molecule has 2 aliphatic rings. The van der Waals surface area contributed by atoms with Crippen LogP contribution in [-0.4, -0.2) is 73.4 Å². The molecule has 2 rings (SSSR count). The average molecular weight is 410 g/mol. The van der Waals surface area contributed by atoms with Gasteiger partial charge in [-0.2, -0.15) is 13.2 Å². The summed E-state index contributed by atoms with van der Waals surface area (Å²) in [5.74, 6) is -0.00754. The second kappa shape index (κ2) is 10.2. The predicted octanol–water partition coefficient (Wildman–Crippen LogP) is 2.07. The third-order valence-electron chi connectivity index (χ3n) is 4.75. The lowest BCUT2D eigenvalue weighted by atomic mass is 9.90. The minimum atomic E-state index is -4.19. The quantitative estimate of drug-likeness (QED) is 0.754. The van der Waals surface area contributed by atoms with Crippen molar-refractivity contribution in [2.75, 3.05) is 45.9 Å². The van der Waals surface area contributed by atoms with Crippen LogP contribution in [0, 0.1) is 5.92 Å². The second-order valence-electron chi connectivity index (χ2n) is 6.62. The van der Waals surface area contributed by atoms with Gasteiger partial charge in [0.15, 0.2) is 0 Å². The van der Waals surface area contributed by atoms with E-state index in [-0.39, 0.29) is 36.6 Å². The van der Waals surface area contributed by atoms with Gasteiger partial charge in [-0.25, -0.2) is 0 Å². The molecule has 2 heterocycles. The van der Waals surface area contributed by atoms with Crippen LogP contribution in [0.2, 0.25) is 0 Å². The lowest BCUT2D eigenvalue weighted by Crippen LogP contribution is -2.57. The van der Waals surface area contributed by atoms with Crippen LogP contribution in [0.3, 0.4) is 0 Å². The summed E-state index contributed by atoms with van der Waals surface area (Å²) >= 11 is 0. The number of carbonyl (C=O) groups excluding carboxylic acids is 1. The number of carbonyl (C=O) groups is 1. The van der Waals surface area contributed by atoms with Crippen molar-refractivity contribution in [2.45, 2.75) is 37.9 Å². The molecular weight excluding hydrogens is 382 g/mol. The van der Waals surface area contributed by atoms with Gasteiger partial charge in [0, 0.05) is 32.8 Å². The van der Waals surface area contributed by atoms with Crippen molar-refractivity contribution in [3.05, 3.63) is 0 Å². The maximum absolute atomic E-state index is 12.6. The SMILES string of the molecule is CCN(CC1CCN(C(=O)C2(N)CCOCC2)C1)CC(F)(F)F.Cl.Cl. The number of rotatable bonds is 5. The third-order valence-corrected chi connectivity index (χ3v) is 4.75. The summed E-state index contributed by atoms with van der Waals surface area (Å²) in [7, 11) is 0. The Morgan fingerprint density at radius 3 is 2.44 bits per heavy atom. The molecule has 10 heteroatoms. The Kier molecular flexibility index (Phi) is 10.0. The highest BCUT2D eigenvalue weighted by Crippen LogP contribution is 2.26. The molecule has 0 aromatic rings. The summed E-state index contributed by atoms with van der Waals surface area (Å²) in [5, 5.41) is 0. The van der Waals surface area contributed by atoms with E-state index >= 15 is 0 Å². The van der Waals surface area contributed by atoms with Crippen molar-refractivity contribution in [1.29, 1.82) is 0 Å². The fourth-order valence-corrected chi connectivity index (χ4v) is 3.35. The molecule has 0 bridgehead atoms. The molecule has 25 heavy (non-hydrogen) atoms. The lowest BCUT2D eigenvalue weighted by Gasteiger charge is -2.35. The normalized spacial score (nSPS) is 23.1. The molecule has 0 spiro atoms. The van der Waals surface area contributed by atoms with E-state index in [1.807, 2.05) is 0 Å². The van der Waals surface area contributed by atoms with E-state index in [2.05, 4.69) is 0 Å². The van der Waals surface area contributed by atoms with Crippen molar-refractivity contribution >= 4 is 30.7 Å². The number of nitrogens with zero attached hydrogens (tertiary/aromatic N) is 2. The summed E-state index contributed by atoms with van der Waals surface area (Å²) in [6, 6.07) is 0. The highest BCUT2D eigenvalue weighted by atomic mass is 35.5. The van der Waals surface area contributed by atoms with E-state index in [9.17, 15) is 18.0 Å². The molecule has 0 aromatic carbocycles.